The molecule has 0 aliphatic carbocycles. The summed E-state index contributed by atoms with van der Waals surface area (Å²) in [6.07, 6.45) is 7.85. The van der Waals surface area contributed by atoms with Gasteiger partial charge in [-0.1, -0.05) is 70.8 Å². The number of phenolic OH excluding ortho intramolecular Hbond substituents is 1. The molecular weight excluding hydrogens is 351 g/mol. The molecule has 3 aromatic rings. The van der Waals surface area contributed by atoms with Gasteiger partial charge in [-0.2, -0.15) is 5.10 Å². The molecule has 0 amide bonds. The maximum Gasteiger partial charge on any atom is 0.119 e. The number of phenols is 1. The Morgan fingerprint density at radius 1 is 1.11 bits per heavy atom. The molecule has 4 heteroatoms. The zero-order valence-electron chi connectivity index (χ0n) is 16.2. The van der Waals surface area contributed by atoms with E-state index in [9.17, 15) is 5.11 Å². The van der Waals surface area contributed by atoms with Gasteiger partial charge >= 0.3 is 0 Å². The Morgan fingerprint density at radius 3 is 2.59 bits per heavy atom. The van der Waals surface area contributed by atoms with Crippen molar-refractivity contribution in [3.8, 4) is 5.75 Å². The van der Waals surface area contributed by atoms with Gasteiger partial charge in [0.05, 0.1) is 6.21 Å². The van der Waals surface area contributed by atoms with E-state index in [1.165, 1.54) is 10.9 Å². The minimum Gasteiger partial charge on any atom is -0.508 e. The van der Waals surface area contributed by atoms with Gasteiger partial charge in [0.25, 0.3) is 0 Å². The molecule has 0 aliphatic rings. The van der Waals surface area contributed by atoms with Gasteiger partial charge in [0.15, 0.2) is 0 Å². The van der Waals surface area contributed by atoms with Gasteiger partial charge < -0.3 is 5.11 Å². The van der Waals surface area contributed by atoms with E-state index < -0.39 is 0 Å². The molecule has 1 heterocycles. The number of aromatic hydroxyl groups is 1. The minimum absolute atomic E-state index is 0.109. The molecular formula is C23H27N2OP. The summed E-state index contributed by atoms with van der Waals surface area (Å²) in [4.78, 5) is 0. The molecule has 3 rings (SSSR count). The third-order valence-electron chi connectivity index (χ3n) is 4.79. The zero-order valence-corrected chi connectivity index (χ0v) is 17.2. The lowest BCUT2D eigenvalue weighted by Crippen LogP contribution is -2.21. The Kier molecular flexibility index (Phi) is 6.13. The van der Waals surface area contributed by atoms with E-state index in [4.69, 9.17) is 0 Å². The average molecular weight is 378 g/mol. The van der Waals surface area contributed by atoms with Crippen LogP contribution >= 0.6 is 8.58 Å². The highest BCUT2D eigenvalue weighted by molar-refractivity contribution is 7.48. The first-order valence-electron chi connectivity index (χ1n) is 9.36. The number of benzene rings is 2. The number of hydrogen-bond donors (Lipinski definition) is 1. The molecule has 0 fully saturated rings. The van der Waals surface area contributed by atoms with Crippen LogP contribution in [-0.2, 0) is 5.16 Å². The van der Waals surface area contributed by atoms with E-state index in [1.54, 1.807) is 4.68 Å². The van der Waals surface area contributed by atoms with Crippen LogP contribution in [0.5, 0.6) is 5.75 Å². The fraction of sp³-hybridized carbons (Fsp3) is 0.261. The predicted octanol–water partition coefficient (Wildman–Crippen LogP) is 5.40. The monoisotopic (exact) mass is 378 g/mol. The van der Waals surface area contributed by atoms with Crippen molar-refractivity contribution in [3.05, 3.63) is 83.7 Å². The summed E-state index contributed by atoms with van der Waals surface area (Å²) < 4.78 is 1.80. The van der Waals surface area contributed by atoms with Crippen molar-refractivity contribution >= 4 is 20.1 Å². The normalized spacial score (nSPS) is 14.2. The smallest absolute Gasteiger partial charge is 0.119 e. The Hall–Kier alpha value is -2.38. The summed E-state index contributed by atoms with van der Waals surface area (Å²) in [6.45, 7) is 6.55. The lowest BCUT2D eigenvalue weighted by molar-refractivity contribution is 0.453. The molecule has 2 unspecified atom stereocenters. The third kappa shape index (κ3) is 4.67. The summed E-state index contributed by atoms with van der Waals surface area (Å²) in [5.74, 6) is 0.391. The molecule has 0 saturated carbocycles. The van der Waals surface area contributed by atoms with E-state index in [-0.39, 0.29) is 5.16 Å². The Morgan fingerprint density at radius 2 is 1.85 bits per heavy atom. The molecule has 1 aromatic heterocycles. The molecule has 0 saturated heterocycles. The molecule has 140 valence electrons. The standard InChI is InChI=1S/C23H27N2OP/c1-4-13-23(3,20-16-18(2)11-12-21(20)26)27-22-10-6-5-9-19(22)17-24-25-14-7-8-15-25/h5-12,14-17,26-27H,4,13H2,1-3H3/b24-17+. The lowest BCUT2D eigenvalue weighted by atomic mass is 9.93. The number of aryl methyl sites for hydroxylation is 1. The van der Waals surface area contributed by atoms with Crippen LogP contribution in [0.25, 0.3) is 0 Å². The second-order valence-electron chi connectivity index (χ2n) is 7.12. The van der Waals surface area contributed by atoms with Crippen molar-refractivity contribution in [2.24, 2.45) is 5.10 Å². The second-order valence-corrected chi connectivity index (χ2v) is 9.01. The maximum absolute atomic E-state index is 10.5. The van der Waals surface area contributed by atoms with Crippen molar-refractivity contribution in [1.29, 1.82) is 0 Å². The first kappa shape index (κ1) is 19.4. The van der Waals surface area contributed by atoms with Gasteiger partial charge in [0, 0.05) is 28.7 Å². The van der Waals surface area contributed by atoms with Gasteiger partial charge in [0.1, 0.15) is 5.75 Å². The van der Waals surface area contributed by atoms with E-state index in [1.807, 2.05) is 48.9 Å². The van der Waals surface area contributed by atoms with Gasteiger partial charge in [-0.25, -0.2) is 4.68 Å². The van der Waals surface area contributed by atoms with Gasteiger partial charge in [-0.3, -0.25) is 0 Å². The van der Waals surface area contributed by atoms with Crippen molar-refractivity contribution < 1.29 is 5.11 Å². The Bertz CT molecular complexity index is 918. The van der Waals surface area contributed by atoms with Crippen LogP contribution in [0.15, 0.2) is 72.1 Å². The molecule has 2 atom stereocenters. The highest BCUT2D eigenvalue weighted by atomic mass is 31.1. The Balaban J connectivity index is 1.97. The van der Waals surface area contributed by atoms with E-state index in [0.717, 1.165) is 24.0 Å². The average Bonchev–Trinajstić information content (AvgIpc) is 3.17. The SMILES string of the molecule is CCCC(C)(Pc1ccccc1/C=N/n1cccc1)c1cc(C)ccc1O. The van der Waals surface area contributed by atoms with Crippen LogP contribution < -0.4 is 5.30 Å². The van der Waals surface area contributed by atoms with Crippen LogP contribution in [0, 0.1) is 6.92 Å². The number of hydrogen-bond acceptors (Lipinski definition) is 2. The third-order valence-corrected chi connectivity index (χ3v) is 6.58. The molecule has 0 radical (unpaired) electrons. The van der Waals surface area contributed by atoms with Crippen molar-refractivity contribution in [1.82, 2.24) is 4.68 Å². The van der Waals surface area contributed by atoms with Crippen LogP contribution in [0.3, 0.4) is 0 Å². The summed E-state index contributed by atoms with van der Waals surface area (Å²) in [6, 6.07) is 18.3. The predicted molar refractivity (Wildman–Crippen MR) is 117 cm³/mol. The van der Waals surface area contributed by atoms with Crippen LogP contribution in [0.2, 0.25) is 0 Å². The topological polar surface area (TPSA) is 37.5 Å². The molecule has 2 aromatic carbocycles. The molecule has 3 nitrogen and oxygen atoms in total. The van der Waals surface area contributed by atoms with Crippen LogP contribution in [-0.4, -0.2) is 16.0 Å². The van der Waals surface area contributed by atoms with Gasteiger partial charge in [0.2, 0.25) is 0 Å². The molecule has 1 N–H and O–H groups in total. The van der Waals surface area contributed by atoms with Crippen LogP contribution in [0.4, 0.5) is 0 Å². The fourth-order valence-electron chi connectivity index (χ4n) is 3.41. The summed E-state index contributed by atoms with van der Waals surface area (Å²) >= 11 is 0. The van der Waals surface area contributed by atoms with Crippen molar-refractivity contribution in [2.75, 3.05) is 0 Å². The summed E-state index contributed by atoms with van der Waals surface area (Å²) in [5, 5.41) is 16.2. The van der Waals surface area contributed by atoms with Crippen molar-refractivity contribution in [2.45, 2.75) is 38.8 Å². The number of nitrogens with zero attached hydrogens (tertiary/aromatic N) is 2. The van der Waals surface area contributed by atoms with E-state index >= 15 is 0 Å². The lowest BCUT2D eigenvalue weighted by Gasteiger charge is -2.31. The molecule has 0 bridgehead atoms. The first-order valence-corrected chi connectivity index (χ1v) is 10.4. The highest BCUT2D eigenvalue weighted by Gasteiger charge is 2.29. The summed E-state index contributed by atoms with van der Waals surface area (Å²) in [5.41, 5.74) is 3.34. The van der Waals surface area contributed by atoms with Gasteiger partial charge in [-0.05, 0) is 36.8 Å². The van der Waals surface area contributed by atoms with E-state index in [0.29, 0.717) is 14.3 Å². The maximum atomic E-state index is 10.5. The highest BCUT2D eigenvalue weighted by Crippen LogP contribution is 2.48. The molecule has 0 spiro atoms. The quantitative estimate of drug-likeness (QED) is 0.434. The zero-order chi connectivity index (χ0) is 19.3. The van der Waals surface area contributed by atoms with Crippen LogP contribution in [0.1, 0.15) is 43.4 Å². The molecule has 27 heavy (non-hydrogen) atoms. The largest absolute Gasteiger partial charge is 0.508 e. The second kappa shape index (κ2) is 8.54. The number of rotatable bonds is 7. The minimum atomic E-state index is -0.109. The van der Waals surface area contributed by atoms with Crippen molar-refractivity contribution in [3.63, 3.8) is 0 Å². The summed E-state index contributed by atoms with van der Waals surface area (Å²) in [7, 11) is 0.539. The first-order chi connectivity index (χ1) is 13.0. The van der Waals surface area contributed by atoms with Gasteiger partial charge in [-0.15, -0.1) is 0 Å². The Labute approximate surface area is 163 Å². The fourth-order valence-corrected chi connectivity index (χ4v) is 5.18. The van der Waals surface area contributed by atoms with E-state index in [2.05, 4.69) is 50.1 Å². The number of aromatic nitrogens is 1. The molecule has 0 aliphatic heterocycles.